The van der Waals surface area contributed by atoms with Crippen LogP contribution < -0.4 is 10.6 Å². The summed E-state index contributed by atoms with van der Waals surface area (Å²) in [4.78, 5) is 22.0. The molecule has 2 N–H and O–H groups in total. The molecule has 0 saturated carbocycles. The van der Waals surface area contributed by atoms with Gasteiger partial charge in [0.05, 0.1) is 12.2 Å². The molecule has 2 aromatic carbocycles. The average Bonchev–Trinajstić information content (AvgIpc) is 3.03. The minimum Gasteiger partial charge on any atom is -0.443 e. The Bertz CT molecular complexity index is 762. The topological polar surface area (TPSA) is 72.6 Å². The SMILES string of the molecule is CC=O.CCc1ccc(-c2ccc(N3C[C@H](CN)OC3=O)cc2F)cc1. The minimum absolute atomic E-state index is 0.257. The first-order valence-corrected chi connectivity index (χ1v) is 8.50. The zero-order valence-corrected chi connectivity index (χ0v) is 14.9. The molecule has 1 heterocycles. The smallest absolute Gasteiger partial charge is 0.414 e. The highest BCUT2D eigenvalue weighted by molar-refractivity contribution is 5.90. The van der Waals surface area contributed by atoms with Crippen molar-refractivity contribution in [2.45, 2.75) is 26.4 Å². The van der Waals surface area contributed by atoms with Crippen LogP contribution in [0.4, 0.5) is 14.9 Å². The Balaban J connectivity index is 0.000000758. The van der Waals surface area contributed by atoms with Crippen LogP contribution in [-0.2, 0) is 16.0 Å². The van der Waals surface area contributed by atoms with Crippen molar-refractivity contribution in [2.24, 2.45) is 5.73 Å². The molecule has 1 amide bonds. The van der Waals surface area contributed by atoms with Crippen molar-refractivity contribution in [3.63, 3.8) is 0 Å². The molecule has 1 aliphatic rings. The summed E-state index contributed by atoms with van der Waals surface area (Å²) in [5.41, 5.74) is 8.53. The van der Waals surface area contributed by atoms with Crippen LogP contribution in [-0.4, -0.2) is 31.6 Å². The third-order valence-corrected chi connectivity index (χ3v) is 4.07. The Morgan fingerprint density at radius 2 is 1.92 bits per heavy atom. The molecule has 2 aromatic rings. The molecule has 138 valence electrons. The molecular weight excluding hydrogens is 335 g/mol. The van der Waals surface area contributed by atoms with Gasteiger partial charge in [0.15, 0.2) is 0 Å². The lowest BCUT2D eigenvalue weighted by molar-refractivity contribution is -0.106. The number of ether oxygens (including phenoxy) is 1. The van der Waals surface area contributed by atoms with Gasteiger partial charge in [0.25, 0.3) is 0 Å². The summed E-state index contributed by atoms with van der Waals surface area (Å²) in [6.45, 7) is 4.13. The first kappa shape index (κ1) is 19.6. The number of halogens is 1. The van der Waals surface area contributed by atoms with Crippen LogP contribution in [0.1, 0.15) is 19.4 Å². The van der Waals surface area contributed by atoms with Gasteiger partial charge < -0.3 is 15.3 Å². The van der Waals surface area contributed by atoms with Crippen LogP contribution in [0.15, 0.2) is 42.5 Å². The Morgan fingerprint density at radius 1 is 1.27 bits per heavy atom. The lowest BCUT2D eigenvalue weighted by Crippen LogP contribution is -2.27. The van der Waals surface area contributed by atoms with Gasteiger partial charge in [-0.3, -0.25) is 4.90 Å². The maximum absolute atomic E-state index is 14.5. The van der Waals surface area contributed by atoms with Crippen molar-refractivity contribution < 1.29 is 18.7 Å². The fraction of sp³-hybridized carbons (Fsp3) is 0.300. The fourth-order valence-corrected chi connectivity index (χ4v) is 2.68. The minimum atomic E-state index is -0.486. The third-order valence-electron chi connectivity index (χ3n) is 4.07. The Labute approximate surface area is 152 Å². The number of nitrogens with zero attached hydrogens (tertiary/aromatic N) is 1. The van der Waals surface area contributed by atoms with Crippen molar-refractivity contribution in [1.82, 2.24) is 0 Å². The van der Waals surface area contributed by atoms with Crippen LogP contribution in [0, 0.1) is 5.82 Å². The first-order valence-electron chi connectivity index (χ1n) is 8.50. The van der Waals surface area contributed by atoms with E-state index in [2.05, 4.69) is 6.92 Å². The molecule has 0 spiro atoms. The summed E-state index contributed by atoms with van der Waals surface area (Å²) in [6, 6.07) is 12.6. The average molecular weight is 358 g/mol. The molecule has 0 aliphatic carbocycles. The van der Waals surface area contributed by atoms with E-state index >= 15 is 0 Å². The molecule has 6 heteroatoms. The number of aldehydes is 1. The van der Waals surface area contributed by atoms with Gasteiger partial charge >= 0.3 is 6.09 Å². The van der Waals surface area contributed by atoms with E-state index in [1.165, 1.54) is 23.5 Å². The molecule has 1 saturated heterocycles. The molecule has 0 unspecified atom stereocenters. The highest BCUT2D eigenvalue weighted by Gasteiger charge is 2.31. The maximum Gasteiger partial charge on any atom is 0.414 e. The predicted octanol–water partition coefficient (Wildman–Crippen LogP) is 3.54. The number of nitrogens with two attached hydrogens (primary N) is 1. The van der Waals surface area contributed by atoms with E-state index in [0.29, 0.717) is 17.8 Å². The highest BCUT2D eigenvalue weighted by Crippen LogP contribution is 2.29. The first-order chi connectivity index (χ1) is 12.5. The van der Waals surface area contributed by atoms with Gasteiger partial charge in [0, 0.05) is 12.1 Å². The standard InChI is InChI=1S/C18H19FN2O2.C2H4O/c1-2-12-3-5-13(6-4-12)16-8-7-14(9-17(16)19)21-11-15(10-20)23-18(21)22;1-2-3/h3-9,15H,2,10-11,20H2,1H3;2H,1H3/t15-;/m0./s1. The highest BCUT2D eigenvalue weighted by atomic mass is 19.1. The van der Waals surface area contributed by atoms with Gasteiger partial charge in [-0.25, -0.2) is 9.18 Å². The normalized spacial score (nSPS) is 15.9. The monoisotopic (exact) mass is 358 g/mol. The van der Waals surface area contributed by atoms with E-state index in [9.17, 15) is 9.18 Å². The van der Waals surface area contributed by atoms with Crippen molar-refractivity contribution in [2.75, 3.05) is 18.0 Å². The summed E-state index contributed by atoms with van der Waals surface area (Å²) in [7, 11) is 0. The van der Waals surface area contributed by atoms with Crippen molar-refractivity contribution in [3.8, 4) is 11.1 Å². The second kappa shape index (κ2) is 9.10. The molecule has 26 heavy (non-hydrogen) atoms. The molecule has 0 radical (unpaired) electrons. The van der Waals surface area contributed by atoms with Gasteiger partial charge in [-0.2, -0.15) is 0 Å². The van der Waals surface area contributed by atoms with E-state index in [-0.39, 0.29) is 18.5 Å². The summed E-state index contributed by atoms with van der Waals surface area (Å²) in [6.07, 6.45) is 0.868. The Hall–Kier alpha value is -2.73. The Morgan fingerprint density at radius 3 is 2.42 bits per heavy atom. The number of carbonyl (C=O) groups excluding carboxylic acids is 2. The van der Waals surface area contributed by atoms with Crippen molar-refractivity contribution in [1.29, 1.82) is 0 Å². The van der Waals surface area contributed by atoms with Gasteiger partial charge in [-0.15, -0.1) is 0 Å². The quantitative estimate of drug-likeness (QED) is 0.849. The molecular formula is C20H23FN2O3. The van der Waals surface area contributed by atoms with E-state index in [1.807, 2.05) is 24.3 Å². The van der Waals surface area contributed by atoms with Gasteiger partial charge in [-0.1, -0.05) is 31.2 Å². The molecule has 1 aliphatic heterocycles. The predicted molar refractivity (Wildman–Crippen MR) is 99.6 cm³/mol. The summed E-state index contributed by atoms with van der Waals surface area (Å²) in [5, 5.41) is 0. The van der Waals surface area contributed by atoms with Gasteiger partial charge in [0.2, 0.25) is 0 Å². The number of rotatable bonds is 4. The second-order valence-corrected chi connectivity index (χ2v) is 5.80. The van der Waals surface area contributed by atoms with E-state index < -0.39 is 6.09 Å². The summed E-state index contributed by atoms with van der Waals surface area (Å²) in [5.74, 6) is -0.365. The summed E-state index contributed by atoms with van der Waals surface area (Å²) >= 11 is 0. The van der Waals surface area contributed by atoms with Crippen LogP contribution in [0.25, 0.3) is 11.1 Å². The lowest BCUT2D eigenvalue weighted by atomic mass is 10.0. The van der Waals surface area contributed by atoms with Crippen LogP contribution in [0.2, 0.25) is 0 Å². The van der Waals surface area contributed by atoms with Crippen LogP contribution >= 0.6 is 0 Å². The summed E-state index contributed by atoms with van der Waals surface area (Å²) < 4.78 is 19.6. The fourth-order valence-electron chi connectivity index (χ4n) is 2.68. The largest absolute Gasteiger partial charge is 0.443 e. The number of aryl methyl sites for hydroxylation is 1. The van der Waals surface area contributed by atoms with Crippen molar-refractivity contribution >= 4 is 18.1 Å². The van der Waals surface area contributed by atoms with Crippen LogP contribution in [0.3, 0.4) is 0 Å². The Kier molecular flexibility index (Phi) is 6.86. The van der Waals surface area contributed by atoms with E-state index in [4.69, 9.17) is 15.3 Å². The lowest BCUT2D eigenvalue weighted by Gasteiger charge is -2.14. The second-order valence-electron chi connectivity index (χ2n) is 5.80. The number of anilines is 1. The van der Waals surface area contributed by atoms with Gasteiger partial charge in [0.1, 0.15) is 18.2 Å². The number of amides is 1. The third kappa shape index (κ3) is 4.46. The molecule has 5 nitrogen and oxygen atoms in total. The number of cyclic esters (lactones) is 1. The van der Waals surface area contributed by atoms with Crippen molar-refractivity contribution in [3.05, 3.63) is 53.8 Å². The molecule has 0 aromatic heterocycles. The molecule has 1 fully saturated rings. The molecule has 1 atom stereocenters. The van der Waals surface area contributed by atoms with E-state index in [1.54, 1.807) is 12.1 Å². The number of benzene rings is 2. The zero-order chi connectivity index (χ0) is 19.1. The number of carbonyl (C=O) groups is 2. The number of hydrogen-bond acceptors (Lipinski definition) is 4. The zero-order valence-electron chi connectivity index (χ0n) is 14.9. The van der Waals surface area contributed by atoms with Crippen LogP contribution in [0.5, 0.6) is 0 Å². The van der Waals surface area contributed by atoms with E-state index in [0.717, 1.165) is 18.3 Å². The number of hydrogen-bond donors (Lipinski definition) is 1. The molecule has 0 bridgehead atoms. The molecule has 3 rings (SSSR count). The van der Waals surface area contributed by atoms with Gasteiger partial charge in [-0.05, 0) is 42.7 Å². The maximum atomic E-state index is 14.5.